The van der Waals surface area contributed by atoms with Gasteiger partial charge in [-0.2, -0.15) is 0 Å². The number of nitrogens with one attached hydrogen (secondary N) is 1. The molecule has 0 radical (unpaired) electrons. The molecule has 0 aliphatic carbocycles. The summed E-state index contributed by atoms with van der Waals surface area (Å²) < 4.78 is 17.9. The third-order valence-corrected chi connectivity index (χ3v) is 12.1. The minimum atomic E-state index is -0.106. The van der Waals surface area contributed by atoms with Gasteiger partial charge in [0.05, 0.1) is 48.9 Å². The van der Waals surface area contributed by atoms with Gasteiger partial charge in [-0.25, -0.2) is 9.97 Å². The maximum absolute atomic E-state index is 11.9. The van der Waals surface area contributed by atoms with Crippen molar-refractivity contribution in [3.63, 3.8) is 0 Å². The van der Waals surface area contributed by atoms with Gasteiger partial charge in [-0.1, -0.05) is 36.4 Å². The third-order valence-electron chi connectivity index (χ3n) is 12.1. The Labute approximate surface area is 309 Å². The number of pyridine rings is 1. The fourth-order valence-corrected chi connectivity index (χ4v) is 9.35. The molecule has 4 saturated heterocycles. The van der Waals surface area contributed by atoms with E-state index in [1.54, 1.807) is 21.1 Å². The second-order valence-corrected chi connectivity index (χ2v) is 15.7. The first-order valence-electron chi connectivity index (χ1n) is 18.4. The fraction of sp³-hybridized carbons (Fsp3) is 0.439. The SMILES string of the molecule is COc1nc(-c2cccc(-c3cccc(-c4cc5c(c(OC)n4)[C@@H](N4CC6(CCC(=O)N6)C4)CO5)c3C)c2C)cnc1CN1CC2(C1)CN(C(C)=O)C2. The summed E-state index contributed by atoms with van der Waals surface area (Å²) in [5, 5.41) is 3.18. The van der Waals surface area contributed by atoms with Crippen LogP contribution in [0.1, 0.15) is 48.2 Å². The number of hydrogen-bond donors (Lipinski definition) is 1. The number of fused-ring (bicyclic) bond motifs is 1. The van der Waals surface area contributed by atoms with Gasteiger partial charge in [0.15, 0.2) is 0 Å². The van der Waals surface area contributed by atoms with Crippen LogP contribution in [0.15, 0.2) is 48.7 Å². The van der Waals surface area contributed by atoms with Crippen LogP contribution in [-0.2, 0) is 16.1 Å². The van der Waals surface area contributed by atoms with Gasteiger partial charge in [-0.15, -0.1) is 0 Å². The van der Waals surface area contributed by atoms with Gasteiger partial charge in [-0.05, 0) is 42.5 Å². The molecule has 5 aliphatic heterocycles. The number of benzene rings is 2. The number of ether oxygens (including phenoxy) is 3. The number of nitrogens with zero attached hydrogens (tertiary/aromatic N) is 6. The number of amides is 2. The second kappa shape index (κ2) is 12.5. The van der Waals surface area contributed by atoms with Crippen molar-refractivity contribution in [2.75, 3.05) is 60.1 Å². The van der Waals surface area contributed by atoms with E-state index in [-0.39, 0.29) is 28.8 Å². The lowest BCUT2D eigenvalue weighted by molar-refractivity contribution is -0.157. The summed E-state index contributed by atoms with van der Waals surface area (Å²) in [5.41, 5.74) is 9.87. The van der Waals surface area contributed by atoms with E-state index in [2.05, 4.69) is 65.4 Å². The summed E-state index contributed by atoms with van der Waals surface area (Å²) in [6.45, 7) is 12.3. The molecule has 53 heavy (non-hydrogen) atoms. The number of carbonyl (C=O) groups is 2. The van der Waals surface area contributed by atoms with Crippen LogP contribution in [-0.4, -0.2) is 107 Å². The molecular formula is C41H45N7O5. The van der Waals surface area contributed by atoms with Gasteiger partial charge < -0.3 is 24.4 Å². The summed E-state index contributed by atoms with van der Waals surface area (Å²) in [5.74, 6) is 2.20. The average molecular weight is 716 g/mol. The number of methoxy groups -OCH3 is 2. The minimum Gasteiger partial charge on any atom is -0.491 e. The zero-order valence-corrected chi connectivity index (χ0v) is 31.0. The Bertz CT molecular complexity index is 2150. The van der Waals surface area contributed by atoms with Crippen molar-refractivity contribution >= 4 is 11.8 Å². The predicted octanol–water partition coefficient (Wildman–Crippen LogP) is 4.57. The maximum atomic E-state index is 11.9. The number of carbonyl (C=O) groups excluding carboxylic acids is 2. The first-order chi connectivity index (χ1) is 25.6. The molecule has 5 aliphatic rings. The molecule has 2 aromatic carbocycles. The predicted molar refractivity (Wildman–Crippen MR) is 199 cm³/mol. The van der Waals surface area contributed by atoms with E-state index in [0.29, 0.717) is 31.3 Å². The molecule has 0 saturated carbocycles. The van der Waals surface area contributed by atoms with Crippen LogP contribution in [0.4, 0.5) is 0 Å². The van der Waals surface area contributed by atoms with Crippen molar-refractivity contribution in [1.82, 2.24) is 35.0 Å². The van der Waals surface area contributed by atoms with Crippen LogP contribution in [0.3, 0.4) is 0 Å². The van der Waals surface area contributed by atoms with Crippen molar-refractivity contribution in [3.8, 4) is 51.2 Å². The number of aromatic nitrogens is 3. The van der Waals surface area contributed by atoms with Crippen LogP contribution in [0.5, 0.6) is 17.5 Å². The molecule has 12 nitrogen and oxygen atoms in total. The Morgan fingerprint density at radius 2 is 1.55 bits per heavy atom. The highest BCUT2D eigenvalue weighted by atomic mass is 16.5. The standard InChI is InChI=1S/C41H45N7O5/c1-24-27(8-6-10-29(24)31-14-35-37(39(43-31)52-5)34(17-53-35)48-22-41(23-48)13-12-36(50)45-41)28-9-7-11-30(25(28)2)32-15-42-33(38(44-32)51-4)16-46-18-40(19-46)20-47(21-40)26(3)49/h6-11,14-15,34H,12-13,16-23H2,1-5H3,(H,45,50)/t34-/m0/s1. The molecule has 1 atom stereocenters. The first-order valence-corrected chi connectivity index (χ1v) is 18.4. The molecule has 1 N–H and O–H groups in total. The number of hydrogen-bond acceptors (Lipinski definition) is 10. The molecule has 7 heterocycles. The molecule has 0 bridgehead atoms. The van der Waals surface area contributed by atoms with E-state index in [9.17, 15) is 9.59 Å². The zero-order chi connectivity index (χ0) is 36.6. The number of likely N-dealkylation sites (tertiary alicyclic amines) is 3. The largest absolute Gasteiger partial charge is 0.491 e. The molecule has 4 aromatic rings. The Hall–Kier alpha value is -5.07. The Balaban J connectivity index is 0.956. The molecule has 12 heteroatoms. The van der Waals surface area contributed by atoms with Crippen LogP contribution < -0.4 is 19.5 Å². The average Bonchev–Trinajstić information content (AvgIpc) is 3.71. The van der Waals surface area contributed by atoms with Gasteiger partial charge in [-0.3, -0.25) is 24.4 Å². The Morgan fingerprint density at radius 3 is 2.17 bits per heavy atom. The lowest BCUT2D eigenvalue weighted by atomic mass is 9.73. The molecule has 2 amide bonds. The smallest absolute Gasteiger partial charge is 0.237 e. The van der Waals surface area contributed by atoms with Gasteiger partial charge in [0.2, 0.25) is 23.6 Å². The van der Waals surface area contributed by atoms with Gasteiger partial charge in [0.1, 0.15) is 18.1 Å². The van der Waals surface area contributed by atoms with Crippen molar-refractivity contribution in [2.45, 2.75) is 51.7 Å². The molecule has 4 fully saturated rings. The van der Waals surface area contributed by atoms with E-state index >= 15 is 0 Å². The minimum absolute atomic E-state index is 0.0356. The van der Waals surface area contributed by atoms with Crippen LogP contribution in [0.25, 0.3) is 33.6 Å². The topological polar surface area (TPSA) is 122 Å². The van der Waals surface area contributed by atoms with Crippen LogP contribution >= 0.6 is 0 Å². The highest BCUT2D eigenvalue weighted by molar-refractivity contribution is 5.83. The fourth-order valence-electron chi connectivity index (χ4n) is 9.35. The molecule has 274 valence electrons. The van der Waals surface area contributed by atoms with Crippen molar-refractivity contribution in [3.05, 3.63) is 71.0 Å². The van der Waals surface area contributed by atoms with Gasteiger partial charge in [0, 0.05) is 81.8 Å². The highest BCUT2D eigenvalue weighted by Gasteiger charge is 2.53. The summed E-state index contributed by atoms with van der Waals surface area (Å²) in [6.07, 6.45) is 3.33. The van der Waals surface area contributed by atoms with Crippen LogP contribution in [0.2, 0.25) is 0 Å². The molecule has 9 rings (SSSR count). The normalized spacial score (nSPS) is 21.0. The Morgan fingerprint density at radius 1 is 0.906 bits per heavy atom. The summed E-state index contributed by atoms with van der Waals surface area (Å²) in [6, 6.07) is 14.7. The van der Waals surface area contributed by atoms with E-state index in [1.807, 2.05) is 17.2 Å². The quantitative estimate of drug-likeness (QED) is 0.278. The van der Waals surface area contributed by atoms with Gasteiger partial charge >= 0.3 is 0 Å². The second-order valence-electron chi connectivity index (χ2n) is 15.7. The lowest BCUT2D eigenvalue weighted by Gasteiger charge is -2.60. The van der Waals surface area contributed by atoms with E-state index < -0.39 is 0 Å². The lowest BCUT2D eigenvalue weighted by Crippen LogP contribution is -2.72. The monoisotopic (exact) mass is 715 g/mol. The molecular weight excluding hydrogens is 670 g/mol. The third kappa shape index (κ3) is 5.61. The first kappa shape index (κ1) is 33.7. The Kier molecular flexibility index (Phi) is 7.97. The van der Waals surface area contributed by atoms with Crippen LogP contribution in [0, 0.1) is 19.3 Å². The van der Waals surface area contributed by atoms with Crippen molar-refractivity contribution in [1.29, 1.82) is 0 Å². The van der Waals surface area contributed by atoms with E-state index in [0.717, 1.165) is 107 Å². The number of rotatable bonds is 8. The highest BCUT2D eigenvalue weighted by Crippen LogP contribution is 2.48. The van der Waals surface area contributed by atoms with Crippen molar-refractivity contribution in [2.24, 2.45) is 5.41 Å². The summed E-state index contributed by atoms with van der Waals surface area (Å²) in [4.78, 5) is 45.0. The zero-order valence-electron chi connectivity index (χ0n) is 31.0. The summed E-state index contributed by atoms with van der Waals surface area (Å²) >= 11 is 0. The molecule has 2 aromatic heterocycles. The van der Waals surface area contributed by atoms with Gasteiger partial charge in [0.25, 0.3) is 0 Å². The van der Waals surface area contributed by atoms with Crippen molar-refractivity contribution < 1.29 is 23.8 Å². The summed E-state index contributed by atoms with van der Waals surface area (Å²) in [7, 11) is 3.31. The maximum Gasteiger partial charge on any atom is 0.237 e. The molecule has 0 unspecified atom stereocenters. The molecule has 2 spiro atoms. The van der Waals surface area contributed by atoms with E-state index in [4.69, 9.17) is 29.2 Å². The van der Waals surface area contributed by atoms with E-state index in [1.165, 1.54) is 0 Å².